The molecule has 1 aliphatic rings. The molecule has 0 fully saturated rings. The fourth-order valence-electron chi connectivity index (χ4n) is 3.56. The number of cyclic esters (lactones) is 1. The maximum Gasteiger partial charge on any atom is 0.338 e. The van der Waals surface area contributed by atoms with Crippen LogP contribution >= 0.6 is 0 Å². The van der Waals surface area contributed by atoms with Crippen molar-refractivity contribution in [2.75, 3.05) is 6.61 Å². The molecule has 3 aromatic carbocycles. The second-order valence-corrected chi connectivity index (χ2v) is 7.82. The Morgan fingerprint density at radius 2 is 1.41 bits per heavy atom. The van der Waals surface area contributed by atoms with Gasteiger partial charge in [-0.2, -0.15) is 0 Å². The summed E-state index contributed by atoms with van der Waals surface area (Å²) in [4.78, 5) is 24.6. The van der Waals surface area contributed by atoms with E-state index in [1.807, 2.05) is 66.7 Å². The zero-order chi connectivity index (χ0) is 23.6. The van der Waals surface area contributed by atoms with Gasteiger partial charge >= 0.3 is 11.9 Å². The SMILES string of the molecule is O=C1C=C[C@@H](OCc2ccccc2)[C@@H]([C@@H](COC(=O)c2ccccc2)OCc2ccccc2)O1. The molecule has 0 saturated carbocycles. The van der Waals surface area contributed by atoms with Crippen LogP contribution in [0.25, 0.3) is 0 Å². The molecule has 0 radical (unpaired) electrons. The highest BCUT2D eigenvalue weighted by Crippen LogP contribution is 2.21. The summed E-state index contributed by atoms with van der Waals surface area (Å²) in [5.74, 6) is -0.972. The molecule has 0 amide bonds. The Hall–Kier alpha value is -3.74. The van der Waals surface area contributed by atoms with Gasteiger partial charge < -0.3 is 18.9 Å². The summed E-state index contributed by atoms with van der Waals surface area (Å²) in [6.45, 7) is 0.494. The Bertz CT molecular complexity index is 1080. The lowest BCUT2D eigenvalue weighted by Crippen LogP contribution is -2.47. The zero-order valence-corrected chi connectivity index (χ0v) is 18.6. The van der Waals surface area contributed by atoms with Gasteiger partial charge in [-0.15, -0.1) is 0 Å². The van der Waals surface area contributed by atoms with Crippen molar-refractivity contribution in [3.8, 4) is 0 Å². The van der Waals surface area contributed by atoms with Crippen LogP contribution in [0.4, 0.5) is 0 Å². The molecule has 0 spiro atoms. The molecule has 3 atom stereocenters. The van der Waals surface area contributed by atoms with Gasteiger partial charge in [-0.25, -0.2) is 9.59 Å². The second-order valence-electron chi connectivity index (χ2n) is 7.82. The molecule has 174 valence electrons. The molecule has 0 aliphatic carbocycles. The number of rotatable bonds is 10. The topological polar surface area (TPSA) is 71.1 Å². The third-order valence-electron chi connectivity index (χ3n) is 5.34. The monoisotopic (exact) mass is 458 g/mol. The van der Waals surface area contributed by atoms with Crippen LogP contribution in [0.3, 0.4) is 0 Å². The van der Waals surface area contributed by atoms with Crippen LogP contribution in [-0.4, -0.2) is 36.9 Å². The van der Waals surface area contributed by atoms with Crippen molar-refractivity contribution in [1.82, 2.24) is 0 Å². The van der Waals surface area contributed by atoms with Gasteiger partial charge in [0, 0.05) is 6.08 Å². The van der Waals surface area contributed by atoms with E-state index in [4.69, 9.17) is 18.9 Å². The van der Waals surface area contributed by atoms with Crippen LogP contribution in [0.5, 0.6) is 0 Å². The molecule has 0 aromatic heterocycles. The third kappa shape index (κ3) is 6.63. The first-order valence-corrected chi connectivity index (χ1v) is 11.1. The Morgan fingerprint density at radius 1 is 0.824 bits per heavy atom. The van der Waals surface area contributed by atoms with E-state index >= 15 is 0 Å². The highest BCUT2D eigenvalue weighted by molar-refractivity contribution is 5.89. The van der Waals surface area contributed by atoms with Gasteiger partial charge in [0.25, 0.3) is 0 Å². The highest BCUT2D eigenvalue weighted by atomic mass is 16.6. The fourth-order valence-corrected chi connectivity index (χ4v) is 3.56. The quantitative estimate of drug-likeness (QED) is 0.417. The van der Waals surface area contributed by atoms with Crippen LogP contribution in [0, 0.1) is 0 Å². The number of carbonyl (C=O) groups is 2. The number of esters is 2. The minimum atomic E-state index is -0.784. The minimum absolute atomic E-state index is 0.0997. The van der Waals surface area contributed by atoms with E-state index in [9.17, 15) is 9.59 Å². The van der Waals surface area contributed by atoms with Crippen molar-refractivity contribution >= 4 is 11.9 Å². The van der Waals surface area contributed by atoms with E-state index < -0.39 is 30.3 Å². The molecule has 0 saturated heterocycles. The lowest BCUT2D eigenvalue weighted by atomic mass is 10.0. The summed E-state index contributed by atoms with van der Waals surface area (Å²) < 4.78 is 23.3. The Labute approximate surface area is 198 Å². The molecule has 6 heteroatoms. The van der Waals surface area contributed by atoms with Crippen molar-refractivity contribution in [1.29, 1.82) is 0 Å². The summed E-state index contributed by atoms with van der Waals surface area (Å²) in [5.41, 5.74) is 2.37. The summed E-state index contributed by atoms with van der Waals surface area (Å²) >= 11 is 0. The fraction of sp³-hybridized carbons (Fsp3) is 0.214. The molecular formula is C28H26O6. The Balaban J connectivity index is 1.48. The standard InChI is InChI=1S/C28H26O6/c29-26-17-16-24(31-18-21-10-4-1-5-11-21)27(34-26)25(32-19-22-12-6-2-7-13-22)20-33-28(30)23-14-8-3-9-15-23/h1-17,24-25,27H,18-20H2/t24-,25-,27+/m1/s1. The summed E-state index contributed by atoms with van der Waals surface area (Å²) in [7, 11) is 0. The molecule has 6 nitrogen and oxygen atoms in total. The molecule has 0 bridgehead atoms. The summed E-state index contributed by atoms with van der Waals surface area (Å²) in [6, 6.07) is 28.0. The van der Waals surface area contributed by atoms with E-state index in [0.717, 1.165) is 11.1 Å². The minimum Gasteiger partial charge on any atom is -0.459 e. The Kier molecular flexibility index (Phi) is 8.22. The normalized spacial score (nSPS) is 18.2. The average molecular weight is 459 g/mol. The number of carbonyl (C=O) groups excluding carboxylic acids is 2. The molecule has 4 rings (SSSR count). The molecule has 34 heavy (non-hydrogen) atoms. The first kappa shape index (κ1) is 23.4. The smallest absolute Gasteiger partial charge is 0.338 e. The van der Waals surface area contributed by atoms with Crippen molar-refractivity contribution in [3.05, 3.63) is 120 Å². The van der Waals surface area contributed by atoms with Crippen molar-refractivity contribution in [2.45, 2.75) is 31.5 Å². The highest BCUT2D eigenvalue weighted by Gasteiger charge is 2.36. The van der Waals surface area contributed by atoms with Gasteiger partial charge in [0.1, 0.15) is 18.8 Å². The van der Waals surface area contributed by atoms with Crippen LogP contribution in [0.1, 0.15) is 21.5 Å². The van der Waals surface area contributed by atoms with Crippen LogP contribution in [0.15, 0.2) is 103 Å². The van der Waals surface area contributed by atoms with Gasteiger partial charge in [0.2, 0.25) is 0 Å². The van der Waals surface area contributed by atoms with Gasteiger partial charge in [0.15, 0.2) is 6.10 Å². The summed E-state index contributed by atoms with van der Waals surface area (Å²) in [5, 5.41) is 0. The Morgan fingerprint density at radius 3 is 2.06 bits per heavy atom. The molecule has 1 heterocycles. The van der Waals surface area contributed by atoms with Crippen molar-refractivity contribution < 1.29 is 28.5 Å². The van der Waals surface area contributed by atoms with Gasteiger partial charge in [-0.05, 0) is 29.3 Å². The van der Waals surface area contributed by atoms with Crippen LogP contribution in [-0.2, 0) is 37.0 Å². The largest absolute Gasteiger partial charge is 0.459 e. The maximum atomic E-state index is 12.5. The van der Waals surface area contributed by atoms with Gasteiger partial charge in [-0.1, -0.05) is 78.9 Å². The average Bonchev–Trinajstić information content (AvgIpc) is 2.89. The number of hydrogen-bond acceptors (Lipinski definition) is 6. The lowest BCUT2D eigenvalue weighted by molar-refractivity contribution is -0.173. The third-order valence-corrected chi connectivity index (χ3v) is 5.34. The first-order chi connectivity index (χ1) is 16.7. The molecule has 3 aromatic rings. The van der Waals surface area contributed by atoms with Gasteiger partial charge in [-0.3, -0.25) is 0 Å². The van der Waals surface area contributed by atoms with E-state index in [2.05, 4.69) is 0 Å². The molecular weight excluding hydrogens is 432 g/mol. The van der Waals surface area contributed by atoms with Crippen molar-refractivity contribution in [3.63, 3.8) is 0 Å². The first-order valence-electron chi connectivity index (χ1n) is 11.1. The predicted molar refractivity (Wildman–Crippen MR) is 126 cm³/mol. The molecule has 0 N–H and O–H groups in total. The lowest BCUT2D eigenvalue weighted by Gasteiger charge is -2.33. The van der Waals surface area contributed by atoms with E-state index in [1.54, 1.807) is 30.3 Å². The zero-order valence-electron chi connectivity index (χ0n) is 18.6. The van der Waals surface area contributed by atoms with Crippen LogP contribution in [0.2, 0.25) is 0 Å². The van der Waals surface area contributed by atoms with E-state index in [1.165, 1.54) is 6.08 Å². The maximum absolute atomic E-state index is 12.5. The number of ether oxygens (including phenoxy) is 4. The molecule has 1 aliphatic heterocycles. The van der Waals surface area contributed by atoms with E-state index in [-0.39, 0.29) is 13.2 Å². The number of hydrogen-bond donors (Lipinski definition) is 0. The van der Waals surface area contributed by atoms with Crippen LogP contribution < -0.4 is 0 Å². The molecule has 0 unspecified atom stereocenters. The van der Waals surface area contributed by atoms with Crippen molar-refractivity contribution in [2.24, 2.45) is 0 Å². The second kappa shape index (κ2) is 11.9. The summed E-state index contributed by atoms with van der Waals surface area (Å²) in [6.07, 6.45) is 0.929. The predicted octanol–water partition coefficient (Wildman–Crippen LogP) is 4.50. The number of benzene rings is 3. The van der Waals surface area contributed by atoms with Gasteiger partial charge in [0.05, 0.1) is 18.8 Å². The van der Waals surface area contributed by atoms with E-state index in [0.29, 0.717) is 12.2 Å².